The SMILES string of the molecule is CCC(C)CC(O)c1ccc(C2CCCCC2)cc1. The van der Waals surface area contributed by atoms with E-state index in [9.17, 15) is 5.11 Å². The molecule has 1 aromatic carbocycles. The standard InChI is InChI=1S/C18H28O/c1-3-14(2)13-18(19)17-11-9-16(10-12-17)15-7-5-4-6-8-15/h9-12,14-15,18-19H,3-8,13H2,1-2H3. The number of aliphatic hydroxyl groups is 1. The summed E-state index contributed by atoms with van der Waals surface area (Å²) in [6.07, 6.45) is 8.56. The van der Waals surface area contributed by atoms with E-state index in [1.54, 1.807) is 0 Å². The average Bonchev–Trinajstić information content (AvgIpc) is 2.48. The van der Waals surface area contributed by atoms with Gasteiger partial charge in [-0.3, -0.25) is 0 Å². The van der Waals surface area contributed by atoms with Gasteiger partial charge >= 0.3 is 0 Å². The maximum atomic E-state index is 10.2. The Bertz CT molecular complexity index is 362. The molecule has 0 amide bonds. The van der Waals surface area contributed by atoms with Crippen molar-refractivity contribution >= 4 is 0 Å². The maximum Gasteiger partial charge on any atom is 0.0792 e. The monoisotopic (exact) mass is 260 g/mol. The molecule has 1 aromatic rings. The molecule has 2 rings (SSSR count). The van der Waals surface area contributed by atoms with Crippen LogP contribution in [0, 0.1) is 5.92 Å². The minimum Gasteiger partial charge on any atom is -0.388 e. The zero-order valence-electron chi connectivity index (χ0n) is 12.4. The Morgan fingerprint density at radius 2 is 1.74 bits per heavy atom. The number of aliphatic hydroxyl groups excluding tert-OH is 1. The Balaban J connectivity index is 1.97. The molecule has 2 atom stereocenters. The molecule has 1 aliphatic rings. The summed E-state index contributed by atoms with van der Waals surface area (Å²) in [5, 5.41) is 10.2. The Kier molecular flexibility index (Phi) is 5.45. The molecular weight excluding hydrogens is 232 g/mol. The van der Waals surface area contributed by atoms with Gasteiger partial charge in [0, 0.05) is 0 Å². The quantitative estimate of drug-likeness (QED) is 0.771. The lowest BCUT2D eigenvalue weighted by atomic mass is 9.83. The van der Waals surface area contributed by atoms with Gasteiger partial charge in [0.25, 0.3) is 0 Å². The second-order valence-electron chi connectivity index (χ2n) is 6.27. The largest absolute Gasteiger partial charge is 0.388 e. The molecule has 1 heteroatoms. The summed E-state index contributed by atoms with van der Waals surface area (Å²) < 4.78 is 0. The van der Waals surface area contributed by atoms with Crippen LogP contribution in [0.3, 0.4) is 0 Å². The number of benzene rings is 1. The summed E-state index contributed by atoms with van der Waals surface area (Å²) in [5.41, 5.74) is 2.55. The van der Waals surface area contributed by atoms with E-state index in [0.29, 0.717) is 5.92 Å². The number of hydrogen-bond donors (Lipinski definition) is 1. The molecule has 1 fully saturated rings. The van der Waals surface area contributed by atoms with E-state index in [1.807, 2.05) is 0 Å². The Labute approximate surface area is 118 Å². The fourth-order valence-corrected chi connectivity index (χ4v) is 3.11. The van der Waals surface area contributed by atoms with Crippen molar-refractivity contribution in [3.8, 4) is 0 Å². The zero-order valence-corrected chi connectivity index (χ0v) is 12.4. The molecule has 1 N–H and O–H groups in total. The van der Waals surface area contributed by atoms with Crippen molar-refractivity contribution in [2.45, 2.75) is 70.8 Å². The van der Waals surface area contributed by atoms with Gasteiger partial charge in [0.1, 0.15) is 0 Å². The van der Waals surface area contributed by atoms with Crippen LogP contribution in [-0.4, -0.2) is 5.11 Å². The van der Waals surface area contributed by atoms with E-state index in [1.165, 1.54) is 37.7 Å². The van der Waals surface area contributed by atoms with Crippen LogP contribution in [0.4, 0.5) is 0 Å². The van der Waals surface area contributed by atoms with Crippen molar-refractivity contribution in [3.05, 3.63) is 35.4 Å². The van der Waals surface area contributed by atoms with Crippen molar-refractivity contribution in [1.82, 2.24) is 0 Å². The summed E-state index contributed by atoms with van der Waals surface area (Å²) in [4.78, 5) is 0. The van der Waals surface area contributed by atoms with E-state index in [-0.39, 0.29) is 6.10 Å². The summed E-state index contributed by atoms with van der Waals surface area (Å²) in [5.74, 6) is 1.35. The normalized spacial score (nSPS) is 20.2. The molecule has 0 saturated heterocycles. The summed E-state index contributed by atoms with van der Waals surface area (Å²) in [6.45, 7) is 4.39. The molecule has 106 valence electrons. The van der Waals surface area contributed by atoms with Crippen LogP contribution in [0.2, 0.25) is 0 Å². The van der Waals surface area contributed by atoms with Gasteiger partial charge in [0.05, 0.1) is 6.10 Å². The molecule has 0 spiro atoms. The lowest BCUT2D eigenvalue weighted by Gasteiger charge is -2.22. The smallest absolute Gasteiger partial charge is 0.0792 e. The molecule has 1 nitrogen and oxygen atoms in total. The van der Waals surface area contributed by atoms with Gasteiger partial charge in [-0.15, -0.1) is 0 Å². The fourth-order valence-electron chi connectivity index (χ4n) is 3.11. The van der Waals surface area contributed by atoms with Crippen LogP contribution in [0.15, 0.2) is 24.3 Å². The van der Waals surface area contributed by atoms with Gasteiger partial charge in [0.15, 0.2) is 0 Å². The van der Waals surface area contributed by atoms with Crippen LogP contribution in [-0.2, 0) is 0 Å². The Morgan fingerprint density at radius 3 is 2.32 bits per heavy atom. The highest BCUT2D eigenvalue weighted by Gasteiger charge is 2.16. The van der Waals surface area contributed by atoms with Crippen molar-refractivity contribution in [3.63, 3.8) is 0 Å². The third-order valence-electron chi connectivity index (χ3n) is 4.72. The average molecular weight is 260 g/mol. The summed E-state index contributed by atoms with van der Waals surface area (Å²) in [7, 11) is 0. The van der Waals surface area contributed by atoms with Crippen LogP contribution in [0.25, 0.3) is 0 Å². The Hall–Kier alpha value is -0.820. The van der Waals surface area contributed by atoms with Crippen LogP contribution < -0.4 is 0 Å². The zero-order chi connectivity index (χ0) is 13.7. The first-order chi connectivity index (χ1) is 9.20. The topological polar surface area (TPSA) is 20.2 Å². The summed E-state index contributed by atoms with van der Waals surface area (Å²) in [6, 6.07) is 8.75. The maximum absolute atomic E-state index is 10.2. The van der Waals surface area contributed by atoms with Gasteiger partial charge < -0.3 is 5.11 Å². The highest BCUT2D eigenvalue weighted by Crippen LogP contribution is 2.33. The predicted octanol–water partition coefficient (Wildman–Crippen LogP) is 5.20. The molecular formula is C18H28O. The van der Waals surface area contributed by atoms with Crippen LogP contribution in [0.1, 0.15) is 81.9 Å². The highest BCUT2D eigenvalue weighted by molar-refractivity contribution is 5.27. The second kappa shape index (κ2) is 7.09. The lowest BCUT2D eigenvalue weighted by molar-refractivity contribution is 0.146. The summed E-state index contributed by atoms with van der Waals surface area (Å²) >= 11 is 0. The molecule has 0 aromatic heterocycles. The van der Waals surface area contributed by atoms with E-state index in [0.717, 1.165) is 24.3 Å². The second-order valence-corrected chi connectivity index (χ2v) is 6.27. The van der Waals surface area contributed by atoms with Crippen molar-refractivity contribution in [2.24, 2.45) is 5.92 Å². The number of rotatable bonds is 5. The van der Waals surface area contributed by atoms with E-state index < -0.39 is 0 Å². The van der Waals surface area contributed by atoms with Gasteiger partial charge in [-0.1, -0.05) is 63.8 Å². The van der Waals surface area contributed by atoms with Gasteiger partial charge in [0.2, 0.25) is 0 Å². The Morgan fingerprint density at radius 1 is 1.11 bits per heavy atom. The van der Waals surface area contributed by atoms with Crippen LogP contribution >= 0.6 is 0 Å². The fraction of sp³-hybridized carbons (Fsp3) is 0.667. The minimum atomic E-state index is -0.296. The molecule has 0 bridgehead atoms. The molecule has 2 unspecified atom stereocenters. The first kappa shape index (κ1) is 14.6. The van der Waals surface area contributed by atoms with Gasteiger partial charge in [-0.25, -0.2) is 0 Å². The van der Waals surface area contributed by atoms with Crippen molar-refractivity contribution < 1.29 is 5.11 Å². The molecule has 19 heavy (non-hydrogen) atoms. The molecule has 0 radical (unpaired) electrons. The van der Waals surface area contributed by atoms with Crippen molar-refractivity contribution in [2.75, 3.05) is 0 Å². The minimum absolute atomic E-state index is 0.296. The molecule has 1 saturated carbocycles. The highest BCUT2D eigenvalue weighted by atomic mass is 16.3. The van der Waals surface area contributed by atoms with E-state index in [4.69, 9.17) is 0 Å². The third-order valence-corrected chi connectivity index (χ3v) is 4.72. The molecule has 0 aliphatic heterocycles. The lowest BCUT2D eigenvalue weighted by Crippen LogP contribution is -2.06. The van der Waals surface area contributed by atoms with Crippen molar-refractivity contribution in [1.29, 1.82) is 0 Å². The predicted molar refractivity (Wildman–Crippen MR) is 81.3 cm³/mol. The third kappa shape index (κ3) is 4.07. The first-order valence-corrected chi connectivity index (χ1v) is 7.98. The van der Waals surface area contributed by atoms with Gasteiger partial charge in [-0.2, -0.15) is 0 Å². The molecule has 0 heterocycles. The van der Waals surface area contributed by atoms with Gasteiger partial charge in [-0.05, 0) is 42.2 Å². The first-order valence-electron chi connectivity index (χ1n) is 7.98. The van der Waals surface area contributed by atoms with Crippen LogP contribution in [0.5, 0.6) is 0 Å². The molecule has 1 aliphatic carbocycles. The van der Waals surface area contributed by atoms with E-state index in [2.05, 4.69) is 38.1 Å². The number of hydrogen-bond acceptors (Lipinski definition) is 1. The van der Waals surface area contributed by atoms with E-state index >= 15 is 0 Å².